The van der Waals surface area contributed by atoms with Crippen LogP contribution in [-0.4, -0.2) is 23.3 Å². The highest BCUT2D eigenvalue weighted by Crippen LogP contribution is 2.12. The Morgan fingerprint density at radius 1 is 1.07 bits per heavy atom. The molecule has 0 aliphatic heterocycles. The van der Waals surface area contributed by atoms with E-state index in [0.29, 0.717) is 34.3 Å². The molecule has 1 heterocycles. The third kappa shape index (κ3) is 5.61. The molecule has 2 amide bonds. The van der Waals surface area contributed by atoms with E-state index >= 15 is 0 Å². The highest BCUT2D eigenvalue weighted by atomic mass is 35.5. The largest absolute Gasteiger partial charge is 0.350 e. The van der Waals surface area contributed by atoms with E-state index in [1.165, 1.54) is 35.6 Å². The van der Waals surface area contributed by atoms with Crippen LogP contribution in [0.3, 0.4) is 0 Å². The van der Waals surface area contributed by atoms with Gasteiger partial charge in [-0.2, -0.15) is 0 Å². The van der Waals surface area contributed by atoms with E-state index in [0.717, 1.165) is 5.56 Å². The van der Waals surface area contributed by atoms with Crippen molar-refractivity contribution in [3.05, 3.63) is 86.6 Å². The predicted octanol–water partition coefficient (Wildman–Crippen LogP) is 3.84. The lowest BCUT2D eigenvalue weighted by molar-refractivity contribution is 0.0945. The summed E-state index contributed by atoms with van der Waals surface area (Å²) < 4.78 is 12.9. The highest BCUT2D eigenvalue weighted by Gasteiger charge is 2.12. The van der Waals surface area contributed by atoms with Crippen LogP contribution in [0, 0.1) is 5.82 Å². The summed E-state index contributed by atoms with van der Waals surface area (Å²) in [5.74, 6) is -1.00. The highest BCUT2D eigenvalue weighted by molar-refractivity contribution is 7.09. The van der Waals surface area contributed by atoms with Crippen molar-refractivity contribution in [3.63, 3.8) is 0 Å². The summed E-state index contributed by atoms with van der Waals surface area (Å²) in [6.07, 6.45) is 0.664. The van der Waals surface area contributed by atoms with E-state index in [2.05, 4.69) is 15.6 Å². The third-order valence-electron chi connectivity index (χ3n) is 3.88. The minimum absolute atomic E-state index is 0.191. The second kappa shape index (κ2) is 9.43. The van der Waals surface area contributed by atoms with Crippen LogP contribution < -0.4 is 10.6 Å². The zero-order chi connectivity index (χ0) is 19.9. The number of hydrogen-bond donors (Lipinski definition) is 2. The number of nitrogens with zero attached hydrogens (tertiary/aromatic N) is 1. The van der Waals surface area contributed by atoms with Crippen molar-refractivity contribution >= 4 is 34.8 Å². The average Bonchev–Trinajstić information content (AvgIpc) is 3.16. The summed E-state index contributed by atoms with van der Waals surface area (Å²) in [4.78, 5) is 28.5. The van der Waals surface area contributed by atoms with Crippen molar-refractivity contribution in [2.24, 2.45) is 0 Å². The van der Waals surface area contributed by atoms with Crippen molar-refractivity contribution in [2.75, 3.05) is 6.54 Å². The van der Waals surface area contributed by atoms with Crippen molar-refractivity contribution in [3.8, 4) is 0 Å². The van der Waals surface area contributed by atoms with Gasteiger partial charge in [0, 0.05) is 22.5 Å². The van der Waals surface area contributed by atoms with Crippen LogP contribution in [-0.2, 0) is 13.0 Å². The number of nitrogens with one attached hydrogen (secondary N) is 2. The number of halogens is 2. The summed E-state index contributed by atoms with van der Waals surface area (Å²) in [6, 6.07) is 12.7. The molecule has 0 saturated carbocycles. The first-order valence-corrected chi connectivity index (χ1v) is 9.78. The molecule has 2 aromatic carbocycles. The zero-order valence-corrected chi connectivity index (χ0v) is 16.3. The Morgan fingerprint density at radius 3 is 2.61 bits per heavy atom. The number of amides is 2. The Morgan fingerprint density at radius 2 is 1.86 bits per heavy atom. The number of thiazole rings is 1. The molecule has 0 saturated heterocycles. The Hall–Kier alpha value is -2.77. The fraction of sp³-hybridized carbons (Fsp3) is 0.150. The Labute approximate surface area is 170 Å². The summed E-state index contributed by atoms with van der Waals surface area (Å²) in [7, 11) is 0. The van der Waals surface area contributed by atoms with E-state index in [-0.39, 0.29) is 18.4 Å². The van der Waals surface area contributed by atoms with E-state index in [1.54, 1.807) is 11.4 Å². The van der Waals surface area contributed by atoms with Crippen molar-refractivity contribution in [1.29, 1.82) is 0 Å². The van der Waals surface area contributed by atoms with Crippen LogP contribution in [0.25, 0.3) is 0 Å². The van der Waals surface area contributed by atoms with Gasteiger partial charge in [-0.15, -0.1) is 11.3 Å². The van der Waals surface area contributed by atoms with Gasteiger partial charge in [-0.05, 0) is 48.4 Å². The number of aromatic nitrogens is 1. The molecule has 0 spiro atoms. The molecule has 0 fully saturated rings. The summed E-state index contributed by atoms with van der Waals surface area (Å²) in [5.41, 5.74) is 1.70. The van der Waals surface area contributed by atoms with Crippen LogP contribution in [0.2, 0.25) is 5.02 Å². The molecule has 0 bridgehead atoms. The van der Waals surface area contributed by atoms with Crippen LogP contribution in [0.15, 0.2) is 53.9 Å². The Kier molecular flexibility index (Phi) is 6.73. The maximum Gasteiger partial charge on any atom is 0.270 e. The second-order valence-corrected chi connectivity index (χ2v) is 7.33. The maximum absolute atomic E-state index is 12.9. The normalized spacial score (nSPS) is 10.5. The molecule has 2 N–H and O–H groups in total. The summed E-state index contributed by atoms with van der Waals surface area (Å²) in [5, 5.41) is 8.43. The lowest BCUT2D eigenvalue weighted by atomic mass is 10.1. The number of hydrogen-bond acceptors (Lipinski definition) is 4. The van der Waals surface area contributed by atoms with Gasteiger partial charge >= 0.3 is 0 Å². The van der Waals surface area contributed by atoms with Gasteiger partial charge in [0.1, 0.15) is 16.5 Å². The molecule has 0 unspecified atom stereocenters. The lowest BCUT2D eigenvalue weighted by Gasteiger charge is -2.04. The van der Waals surface area contributed by atoms with Gasteiger partial charge in [0.2, 0.25) is 0 Å². The van der Waals surface area contributed by atoms with Crippen LogP contribution in [0.5, 0.6) is 0 Å². The van der Waals surface area contributed by atoms with Gasteiger partial charge in [-0.3, -0.25) is 9.59 Å². The molecule has 0 aliphatic carbocycles. The fourth-order valence-electron chi connectivity index (χ4n) is 2.46. The molecule has 1 aromatic heterocycles. The summed E-state index contributed by atoms with van der Waals surface area (Å²) >= 11 is 7.23. The van der Waals surface area contributed by atoms with Crippen molar-refractivity contribution in [2.45, 2.75) is 13.0 Å². The topological polar surface area (TPSA) is 71.1 Å². The molecule has 3 aromatic rings. The fourth-order valence-corrected chi connectivity index (χ4v) is 3.39. The average molecular weight is 418 g/mol. The van der Waals surface area contributed by atoms with Crippen LogP contribution in [0.4, 0.5) is 4.39 Å². The monoisotopic (exact) mass is 417 g/mol. The number of carbonyl (C=O) groups excluding carboxylic acids is 2. The first-order valence-electron chi connectivity index (χ1n) is 8.52. The first kappa shape index (κ1) is 20.0. The van der Waals surface area contributed by atoms with Gasteiger partial charge in [-0.1, -0.05) is 23.7 Å². The predicted molar refractivity (Wildman–Crippen MR) is 107 cm³/mol. The van der Waals surface area contributed by atoms with E-state index < -0.39 is 5.82 Å². The molecule has 3 rings (SSSR count). The molecule has 144 valence electrons. The minimum Gasteiger partial charge on any atom is -0.350 e. The molecule has 5 nitrogen and oxygen atoms in total. The second-order valence-electron chi connectivity index (χ2n) is 5.95. The van der Waals surface area contributed by atoms with Crippen LogP contribution >= 0.6 is 22.9 Å². The van der Waals surface area contributed by atoms with E-state index in [1.807, 2.05) is 18.2 Å². The Balaban J connectivity index is 1.47. The zero-order valence-electron chi connectivity index (χ0n) is 14.7. The SMILES string of the molecule is O=C(NCc1nc(C(=O)NCCc2cccc(Cl)c2)cs1)c1ccc(F)cc1. The lowest BCUT2D eigenvalue weighted by Crippen LogP contribution is -2.26. The molecule has 0 aliphatic rings. The quantitative estimate of drug-likeness (QED) is 0.613. The molecule has 8 heteroatoms. The summed E-state index contributed by atoms with van der Waals surface area (Å²) in [6.45, 7) is 0.657. The van der Waals surface area contributed by atoms with Crippen molar-refractivity contribution in [1.82, 2.24) is 15.6 Å². The number of carbonyl (C=O) groups is 2. The number of benzene rings is 2. The van der Waals surface area contributed by atoms with E-state index in [4.69, 9.17) is 11.6 Å². The smallest absolute Gasteiger partial charge is 0.270 e. The first-order chi connectivity index (χ1) is 13.5. The van der Waals surface area contributed by atoms with Gasteiger partial charge < -0.3 is 10.6 Å². The molecule has 28 heavy (non-hydrogen) atoms. The minimum atomic E-state index is -0.400. The molecule has 0 atom stereocenters. The van der Waals surface area contributed by atoms with Crippen molar-refractivity contribution < 1.29 is 14.0 Å². The van der Waals surface area contributed by atoms with Gasteiger partial charge in [-0.25, -0.2) is 9.37 Å². The number of rotatable bonds is 7. The van der Waals surface area contributed by atoms with Gasteiger partial charge in [0.25, 0.3) is 11.8 Å². The molecule has 0 radical (unpaired) electrons. The maximum atomic E-state index is 12.9. The molecular weight excluding hydrogens is 401 g/mol. The third-order valence-corrected chi connectivity index (χ3v) is 4.96. The standard InChI is InChI=1S/C20H17ClFN3O2S/c21-15-3-1-2-13(10-15)8-9-23-20(27)17-12-28-18(25-17)11-24-19(26)14-4-6-16(22)7-5-14/h1-7,10,12H,8-9,11H2,(H,23,27)(H,24,26). The van der Waals surface area contributed by atoms with Crippen LogP contribution in [0.1, 0.15) is 31.4 Å². The van der Waals surface area contributed by atoms with Gasteiger partial charge in [0.15, 0.2) is 0 Å². The van der Waals surface area contributed by atoms with Gasteiger partial charge in [0.05, 0.1) is 6.54 Å². The Bertz CT molecular complexity index is 976. The molecular formula is C20H17ClFN3O2S. The van der Waals surface area contributed by atoms with E-state index in [9.17, 15) is 14.0 Å².